The van der Waals surface area contributed by atoms with E-state index in [1.165, 1.54) is 0 Å². The zero-order valence-corrected chi connectivity index (χ0v) is 29.9. The summed E-state index contributed by atoms with van der Waals surface area (Å²) in [5.74, 6) is -6.06. The highest BCUT2D eigenvalue weighted by Gasteiger charge is 2.71. The summed E-state index contributed by atoms with van der Waals surface area (Å²) in [7, 11) is 0. The zero-order valence-electron chi connectivity index (χ0n) is 29.9. The molecule has 1 unspecified atom stereocenters. The lowest BCUT2D eigenvalue weighted by Gasteiger charge is -2.53. The second-order valence-electron chi connectivity index (χ2n) is 12.2. The highest BCUT2D eigenvalue weighted by atomic mass is 16.7. The number of hydrogen-bond donors (Lipinski definition) is 3. The van der Waals surface area contributed by atoms with Gasteiger partial charge in [0, 0.05) is 20.8 Å². The van der Waals surface area contributed by atoms with Gasteiger partial charge >= 0.3 is 24.0 Å². The molecule has 19 nitrogen and oxygen atoms in total. The molecule has 293 valence electrons. The van der Waals surface area contributed by atoms with E-state index in [9.17, 15) is 43.8 Å². The molecule has 1 amide bonds. The SMILES string of the molecule is CC(=O)OC[C@H]1O[C@@H](O[C@H]2[CH]O[C@H](C(OCCOCc3ccccc3)C(C)=O)[C@@](O)(C(C)=O)[C@]2(O)C(C)=O)[C@@H](OC(C)=O)[C@@H](OC(N)=O)[C@@H]1OC(C)=O. The Bertz CT molecular complexity index is 1500. The summed E-state index contributed by atoms with van der Waals surface area (Å²) in [5, 5.41) is 24.2. The number of ether oxygens (including phenoxy) is 9. The molecule has 2 aliphatic rings. The first-order chi connectivity index (χ1) is 24.8. The van der Waals surface area contributed by atoms with Gasteiger partial charge in [-0.15, -0.1) is 0 Å². The second-order valence-corrected chi connectivity index (χ2v) is 12.2. The third-order valence-corrected chi connectivity index (χ3v) is 8.32. The Morgan fingerprint density at radius 3 is 1.92 bits per heavy atom. The summed E-state index contributed by atoms with van der Waals surface area (Å²) in [6.07, 6.45) is -16.3. The van der Waals surface area contributed by atoms with Gasteiger partial charge in [-0.05, 0) is 26.3 Å². The van der Waals surface area contributed by atoms with Gasteiger partial charge in [0.2, 0.25) is 0 Å². The van der Waals surface area contributed by atoms with Crippen molar-refractivity contribution in [3.63, 3.8) is 0 Å². The Hall–Kier alpha value is -4.37. The van der Waals surface area contributed by atoms with E-state index in [1.54, 1.807) is 0 Å². The predicted octanol–water partition coefficient (Wildman–Crippen LogP) is -0.621. The Kier molecular flexibility index (Phi) is 15.1. The summed E-state index contributed by atoms with van der Waals surface area (Å²) >= 11 is 0. The van der Waals surface area contributed by atoms with E-state index < -0.39 is 108 Å². The number of rotatable bonds is 17. The fourth-order valence-electron chi connectivity index (χ4n) is 5.95. The van der Waals surface area contributed by atoms with Crippen molar-refractivity contribution in [2.24, 2.45) is 5.73 Å². The maximum atomic E-state index is 13.4. The molecule has 0 bridgehead atoms. The van der Waals surface area contributed by atoms with Crippen LogP contribution in [0.5, 0.6) is 0 Å². The van der Waals surface area contributed by atoms with Crippen LogP contribution < -0.4 is 5.73 Å². The molecule has 0 aromatic heterocycles. The van der Waals surface area contributed by atoms with Gasteiger partial charge in [0.25, 0.3) is 0 Å². The van der Waals surface area contributed by atoms with E-state index in [0.29, 0.717) is 6.61 Å². The minimum absolute atomic E-state index is 0.0513. The molecule has 19 heteroatoms. The number of ketones is 3. The van der Waals surface area contributed by atoms with Crippen LogP contribution in [0.3, 0.4) is 0 Å². The summed E-state index contributed by atoms with van der Waals surface area (Å²) < 4.78 is 49.4. The number of primary amides is 1. The Morgan fingerprint density at radius 1 is 0.792 bits per heavy atom. The molecule has 1 radical (unpaired) electrons. The van der Waals surface area contributed by atoms with Gasteiger partial charge in [-0.2, -0.15) is 0 Å². The Morgan fingerprint density at radius 2 is 1.40 bits per heavy atom. The second kappa shape index (κ2) is 18.6. The quantitative estimate of drug-likeness (QED) is 0.102. The molecular formula is C34H44NO18. The normalized spacial score (nSPS) is 30.3. The average Bonchev–Trinajstić information content (AvgIpc) is 3.06. The molecule has 2 heterocycles. The van der Waals surface area contributed by atoms with E-state index in [0.717, 1.165) is 47.1 Å². The van der Waals surface area contributed by atoms with Crippen molar-refractivity contribution in [3.05, 3.63) is 42.5 Å². The molecule has 53 heavy (non-hydrogen) atoms. The highest BCUT2D eigenvalue weighted by molar-refractivity contribution is 5.99. The number of aliphatic hydroxyl groups is 2. The van der Waals surface area contributed by atoms with Crippen LogP contribution in [-0.2, 0) is 78.0 Å². The monoisotopic (exact) mass is 754 g/mol. The van der Waals surface area contributed by atoms with Crippen LogP contribution in [0.4, 0.5) is 4.79 Å². The van der Waals surface area contributed by atoms with Crippen LogP contribution in [0.1, 0.15) is 47.1 Å². The smallest absolute Gasteiger partial charge is 0.405 e. The molecule has 0 spiro atoms. The van der Waals surface area contributed by atoms with Gasteiger partial charge in [-0.25, -0.2) is 4.79 Å². The number of Topliss-reactive ketones (excluding diaryl/α,β-unsaturated/α-hetero) is 3. The van der Waals surface area contributed by atoms with Gasteiger partial charge in [0.05, 0.1) is 19.8 Å². The number of carbonyl (C=O) groups is 7. The number of nitrogens with two attached hydrogens (primary N) is 1. The lowest BCUT2D eigenvalue weighted by atomic mass is 9.67. The molecule has 10 atom stereocenters. The van der Waals surface area contributed by atoms with Crippen LogP contribution in [0.25, 0.3) is 0 Å². The largest absolute Gasteiger partial charge is 0.463 e. The fourth-order valence-corrected chi connectivity index (χ4v) is 5.95. The minimum atomic E-state index is -3.27. The summed E-state index contributed by atoms with van der Waals surface area (Å²) in [4.78, 5) is 87.5. The predicted molar refractivity (Wildman–Crippen MR) is 173 cm³/mol. The van der Waals surface area contributed by atoms with Crippen LogP contribution >= 0.6 is 0 Å². The molecule has 2 saturated heterocycles. The molecule has 2 aliphatic heterocycles. The summed E-state index contributed by atoms with van der Waals surface area (Å²) in [6.45, 7) is 5.59. The van der Waals surface area contributed by atoms with Crippen molar-refractivity contribution in [2.45, 2.75) is 108 Å². The van der Waals surface area contributed by atoms with Crippen molar-refractivity contribution in [3.8, 4) is 0 Å². The first-order valence-electron chi connectivity index (χ1n) is 16.3. The van der Waals surface area contributed by atoms with Crippen LogP contribution in [0, 0.1) is 6.61 Å². The topological polar surface area (TPSA) is 269 Å². The lowest BCUT2D eigenvalue weighted by molar-refractivity contribution is -0.344. The van der Waals surface area contributed by atoms with Gasteiger partial charge in [0.1, 0.15) is 37.6 Å². The summed E-state index contributed by atoms with van der Waals surface area (Å²) in [6, 6.07) is 9.13. The van der Waals surface area contributed by atoms with E-state index in [4.69, 9.17) is 48.4 Å². The maximum Gasteiger partial charge on any atom is 0.405 e. The van der Waals surface area contributed by atoms with Gasteiger partial charge in [-0.1, -0.05) is 30.3 Å². The number of benzene rings is 1. The van der Waals surface area contributed by atoms with E-state index in [2.05, 4.69) is 0 Å². The molecule has 1 aromatic carbocycles. The van der Waals surface area contributed by atoms with Crippen molar-refractivity contribution < 1.29 is 86.4 Å². The van der Waals surface area contributed by atoms with Gasteiger partial charge in [0.15, 0.2) is 53.2 Å². The third kappa shape index (κ3) is 10.2. The Labute approximate surface area is 304 Å². The maximum absolute atomic E-state index is 13.4. The molecule has 2 fully saturated rings. The minimum Gasteiger partial charge on any atom is -0.463 e. The lowest BCUT2D eigenvalue weighted by Crippen LogP contribution is -2.79. The van der Waals surface area contributed by atoms with E-state index in [1.807, 2.05) is 30.3 Å². The van der Waals surface area contributed by atoms with Crippen molar-refractivity contribution in [1.29, 1.82) is 0 Å². The first kappa shape index (κ1) is 43.0. The van der Waals surface area contributed by atoms with Crippen LogP contribution in [0.15, 0.2) is 30.3 Å². The zero-order chi connectivity index (χ0) is 39.7. The first-order valence-corrected chi connectivity index (χ1v) is 16.3. The molecular weight excluding hydrogens is 710 g/mol. The number of amides is 1. The fraction of sp³-hybridized carbons (Fsp3) is 0.588. The van der Waals surface area contributed by atoms with Gasteiger partial charge in [-0.3, -0.25) is 28.8 Å². The van der Waals surface area contributed by atoms with E-state index in [-0.39, 0.29) is 19.8 Å². The highest BCUT2D eigenvalue weighted by Crippen LogP contribution is 2.44. The molecule has 0 saturated carbocycles. The van der Waals surface area contributed by atoms with Crippen molar-refractivity contribution in [2.75, 3.05) is 19.8 Å². The molecule has 4 N–H and O–H groups in total. The third-order valence-electron chi connectivity index (χ3n) is 8.32. The van der Waals surface area contributed by atoms with Crippen LogP contribution in [0.2, 0.25) is 0 Å². The van der Waals surface area contributed by atoms with Crippen molar-refractivity contribution >= 4 is 41.4 Å². The number of hydrogen-bond acceptors (Lipinski definition) is 18. The molecule has 1 aromatic rings. The van der Waals surface area contributed by atoms with Crippen molar-refractivity contribution in [1.82, 2.24) is 0 Å². The van der Waals surface area contributed by atoms with Crippen LogP contribution in [-0.4, -0.2) is 132 Å². The molecule has 0 aliphatic carbocycles. The van der Waals surface area contributed by atoms with E-state index >= 15 is 0 Å². The Balaban J connectivity index is 2.00. The standard InChI is InChI=1S/C34H44NO18/c1-17(36)26(46-13-12-45-14-23-10-8-7-9-11-23)30-34(44,19(3)38)33(43,18(2)37)25(16-48-30)52-31-29(50-22(6)41)28(53-32(35)42)27(49-21(5)40)24(51-31)15-47-20(4)39/h7-11,16,24-31,43-44H,12-15H2,1-6H3,(H2,35,42)/t24-,25+,26?,27-,28+,29+,30-,31+,33+,34+/m1/s1. The summed E-state index contributed by atoms with van der Waals surface area (Å²) in [5.41, 5.74) is -0.409. The molecule has 3 rings (SSSR count). The number of esters is 3. The number of carbonyl (C=O) groups excluding carboxylic acids is 7. The average molecular weight is 755 g/mol. The van der Waals surface area contributed by atoms with Gasteiger partial charge < -0.3 is 58.6 Å².